The van der Waals surface area contributed by atoms with Gasteiger partial charge in [0.1, 0.15) is 5.75 Å². The Bertz CT molecular complexity index is 1670. The summed E-state index contributed by atoms with van der Waals surface area (Å²) in [7, 11) is -6.83. The molecule has 0 unspecified atom stereocenters. The van der Waals surface area contributed by atoms with Crippen LogP contribution in [-0.2, 0) is 24.8 Å². The summed E-state index contributed by atoms with van der Waals surface area (Å²) in [5, 5.41) is 13.7. The maximum absolute atomic E-state index is 13.2. The SMILES string of the molecule is COc1ccc([N+](=O)[O-])cc1NS(=O)(=O)c1cccc(C(=O)Nc2ccc(C)c(S(=O)(=O)N3CCOCC3)c2)c1. The number of hydrogen-bond donors (Lipinski definition) is 2. The van der Waals surface area contributed by atoms with E-state index < -0.39 is 30.9 Å². The number of nitrogens with one attached hydrogen (secondary N) is 2. The van der Waals surface area contributed by atoms with Crippen molar-refractivity contribution in [2.24, 2.45) is 0 Å². The van der Waals surface area contributed by atoms with E-state index in [9.17, 15) is 31.7 Å². The first-order valence-corrected chi connectivity index (χ1v) is 14.8. The number of nitrogens with zero attached hydrogens (tertiary/aromatic N) is 2. The summed E-state index contributed by atoms with van der Waals surface area (Å²) in [4.78, 5) is 23.2. The average molecular weight is 591 g/mol. The molecule has 1 saturated heterocycles. The quantitative estimate of drug-likeness (QED) is 0.280. The fourth-order valence-electron chi connectivity index (χ4n) is 3.98. The number of carbonyl (C=O) groups is 1. The molecule has 13 nitrogen and oxygen atoms in total. The zero-order chi connectivity index (χ0) is 29.1. The van der Waals surface area contributed by atoms with Gasteiger partial charge in [0.05, 0.1) is 40.7 Å². The third-order valence-electron chi connectivity index (χ3n) is 6.08. The largest absolute Gasteiger partial charge is 0.495 e. The predicted octanol–water partition coefficient (Wildman–Crippen LogP) is 2.99. The molecule has 0 spiro atoms. The number of non-ortho nitro benzene ring substituents is 1. The van der Waals surface area contributed by atoms with E-state index in [1.807, 2.05) is 0 Å². The molecule has 4 rings (SSSR count). The van der Waals surface area contributed by atoms with E-state index in [2.05, 4.69) is 10.0 Å². The molecule has 0 atom stereocenters. The Morgan fingerprint density at radius 1 is 1.02 bits per heavy atom. The van der Waals surface area contributed by atoms with Gasteiger partial charge in [0.15, 0.2) is 0 Å². The minimum absolute atomic E-state index is 0.0213. The van der Waals surface area contributed by atoms with Crippen LogP contribution in [0.15, 0.2) is 70.5 Å². The second-order valence-corrected chi connectivity index (χ2v) is 12.3. The third kappa shape index (κ3) is 6.22. The highest BCUT2D eigenvalue weighted by Crippen LogP contribution is 2.31. The van der Waals surface area contributed by atoms with Crippen molar-refractivity contribution < 1.29 is 36.0 Å². The number of anilines is 2. The van der Waals surface area contributed by atoms with E-state index in [0.29, 0.717) is 5.56 Å². The maximum atomic E-state index is 13.2. The number of nitro groups is 1. The molecule has 15 heteroatoms. The van der Waals surface area contributed by atoms with Crippen molar-refractivity contribution in [2.45, 2.75) is 16.7 Å². The van der Waals surface area contributed by atoms with E-state index in [1.54, 1.807) is 19.1 Å². The smallest absolute Gasteiger partial charge is 0.271 e. The number of amides is 1. The maximum Gasteiger partial charge on any atom is 0.271 e. The Balaban J connectivity index is 1.57. The molecule has 3 aromatic carbocycles. The summed E-state index contributed by atoms with van der Waals surface area (Å²) in [5.41, 5.74) is 0.183. The number of nitro benzene ring substituents is 1. The summed E-state index contributed by atoms with van der Waals surface area (Å²) in [6.45, 7) is 2.66. The Hall–Kier alpha value is -4.05. The summed E-state index contributed by atoms with van der Waals surface area (Å²) < 4.78 is 66.4. The van der Waals surface area contributed by atoms with Crippen molar-refractivity contribution in [2.75, 3.05) is 43.5 Å². The molecule has 2 N–H and O–H groups in total. The van der Waals surface area contributed by atoms with Crippen molar-refractivity contribution in [1.82, 2.24) is 4.31 Å². The Labute approximate surface area is 231 Å². The van der Waals surface area contributed by atoms with E-state index in [1.165, 1.54) is 47.8 Å². The van der Waals surface area contributed by atoms with Gasteiger partial charge in [0.25, 0.3) is 21.6 Å². The Kier molecular flexibility index (Phi) is 8.39. The molecule has 1 aliphatic heterocycles. The van der Waals surface area contributed by atoms with Crippen molar-refractivity contribution in [3.63, 3.8) is 0 Å². The summed E-state index contributed by atoms with van der Waals surface area (Å²) in [6, 6.07) is 13.0. The normalized spacial score (nSPS) is 14.3. The molecular formula is C25H26N4O9S2. The minimum atomic E-state index is -4.29. The molecule has 1 amide bonds. The lowest BCUT2D eigenvalue weighted by Gasteiger charge is -2.26. The standard InChI is InChI=1S/C25H26N4O9S2/c1-17-6-7-19(15-24(17)40(35,36)28-10-12-38-13-11-28)26-25(30)18-4-3-5-21(14-18)39(33,34)27-22-16-20(29(31)32)8-9-23(22)37-2/h3-9,14-16,27H,10-13H2,1-2H3,(H,26,30). The van der Waals surface area contributed by atoms with Crippen molar-refractivity contribution in [3.8, 4) is 5.75 Å². The van der Waals surface area contributed by atoms with Gasteiger partial charge in [-0.15, -0.1) is 0 Å². The van der Waals surface area contributed by atoms with Crippen LogP contribution in [0.4, 0.5) is 17.1 Å². The number of aryl methyl sites for hydroxylation is 1. The van der Waals surface area contributed by atoms with Gasteiger partial charge in [-0.1, -0.05) is 12.1 Å². The highest BCUT2D eigenvalue weighted by atomic mass is 32.2. The van der Waals surface area contributed by atoms with Gasteiger partial charge in [-0.25, -0.2) is 16.8 Å². The summed E-state index contributed by atoms with van der Waals surface area (Å²) >= 11 is 0. The number of sulfonamides is 2. The number of methoxy groups -OCH3 is 1. The lowest BCUT2D eigenvalue weighted by molar-refractivity contribution is -0.384. The van der Waals surface area contributed by atoms with Crippen molar-refractivity contribution >= 4 is 43.0 Å². The molecule has 1 heterocycles. The highest BCUT2D eigenvalue weighted by Gasteiger charge is 2.28. The van der Waals surface area contributed by atoms with Crippen molar-refractivity contribution in [3.05, 3.63) is 81.9 Å². The number of hydrogen-bond acceptors (Lipinski definition) is 9. The first-order valence-electron chi connectivity index (χ1n) is 11.9. The molecule has 0 bridgehead atoms. The number of benzene rings is 3. The molecule has 0 radical (unpaired) electrons. The Morgan fingerprint density at radius 3 is 2.42 bits per heavy atom. The zero-order valence-corrected chi connectivity index (χ0v) is 23.1. The van der Waals surface area contributed by atoms with Crippen LogP contribution in [0.1, 0.15) is 15.9 Å². The number of rotatable bonds is 9. The molecular weight excluding hydrogens is 564 g/mol. The van der Waals surface area contributed by atoms with Crippen LogP contribution in [0, 0.1) is 17.0 Å². The molecule has 0 saturated carbocycles. The molecule has 212 valence electrons. The topological polar surface area (TPSA) is 174 Å². The second-order valence-electron chi connectivity index (χ2n) is 8.73. The number of morpholine rings is 1. The second kappa shape index (κ2) is 11.6. The van der Waals surface area contributed by atoms with Gasteiger partial charge >= 0.3 is 0 Å². The van der Waals surface area contributed by atoms with E-state index in [0.717, 1.165) is 12.1 Å². The van der Waals surface area contributed by atoms with Gasteiger partial charge < -0.3 is 14.8 Å². The fraction of sp³-hybridized carbons (Fsp3) is 0.240. The zero-order valence-electron chi connectivity index (χ0n) is 21.5. The molecule has 3 aromatic rings. The van der Waals surface area contributed by atoms with Crippen LogP contribution in [0.2, 0.25) is 0 Å². The van der Waals surface area contributed by atoms with E-state index in [4.69, 9.17) is 9.47 Å². The van der Waals surface area contributed by atoms with Gasteiger partial charge in [0.2, 0.25) is 10.0 Å². The monoisotopic (exact) mass is 590 g/mol. The summed E-state index contributed by atoms with van der Waals surface area (Å²) in [6.07, 6.45) is 0. The van der Waals surface area contributed by atoms with Gasteiger partial charge in [0, 0.05) is 36.5 Å². The van der Waals surface area contributed by atoms with Gasteiger partial charge in [-0.3, -0.25) is 19.6 Å². The van der Waals surface area contributed by atoms with Crippen LogP contribution in [-0.4, -0.2) is 65.4 Å². The average Bonchev–Trinajstić information content (AvgIpc) is 2.94. The van der Waals surface area contributed by atoms with Gasteiger partial charge in [-0.05, 0) is 48.9 Å². The summed E-state index contributed by atoms with van der Waals surface area (Å²) in [5.74, 6) is -0.617. The van der Waals surface area contributed by atoms with Gasteiger partial charge in [-0.2, -0.15) is 4.31 Å². The first kappa shape index (κ1) is 28.9. The Morgan fingerprint density at radius 2 is 1.75 bits per heavy atom. The van der Waals surface area contributed by atoms with Crippen LogP contribution in [0.3, 0.4) is 0 Å². The van der Waals surface area contributed by atoms with Crippen LogP contribution in [0.5, 0.6) is 5.75 Å². The lowest BCUT2D eigenvalue weighted by Crippen LogP contribution is -2.40. The third-order valence-corrected chi connectivity index (χ3v) is 9.48. The molecule has 0 aromatic heterocycles. The number of carbonyl (C=O) groups excluding carboxylic acids is 1. The van der Waals surface area contributed by atoms with Crippen LogP contribution >= 0.6 is 0 Å². The molecule has 1 fully saturated rings. The molecule has 1 aliphatic rings. The number of ether oxygens (including phenoxy) is 2. The van der Waals surface area contributed by atoms with Crippen LogP contribution in [0.25, 0.3) is 0 Å². The minimum Gasteiger partial charge on any atom is -0.495 e. The van der Waals surface area contributed by atoms with E-state index >= 15 is 0 Å². The molecule has 0 aliphatic carbocycles. The lowest BCUT2D eigenvalue weighted by atomic mass is 10.2. The fourth-order valence-corrected chi connectivity index (χ4v) is 6.75. The predicted molar refractivity (Wildman–Crippen MR) is 146 cm³/mol. The molecule has 40 heavy (non-hydrogen) atoms. The van der Waals surface area contributed by atoms with Crippen molar-refractivity contribution in [1.29, 1.82) is 0 Å². The van der Waals surface area contributed by atoms with Crippen LogP contribution < -0.4 is 14.8 Å². The first-order chi connectivity index (χ1) is 18.9. The van der Waals surface area contributed by atoms with E-state index in [-0.39, 0.29) is 64.5 Å². The highest BCUT2D eigenvalue weighted by molar-refractivity contribution is 7.92.